The van der Waals surface area contributed by atoms with Crippen LogP contribution in [0, 0.1) is 0 Å². The molecule has 0 bridgehead atoms. The molecule has 2 amide bonds. The predicted molar refractivity (Wildman–Crippen MR) is 94.8 cm³/mol. The number of thiophene rings is 1. The Morgan fingerprint density at radius 1 is 1.21 bits per heavy atom. The van der Waals surface area contributed by atoms with E-state index < -0.39 is 0 Å². The zero-order valence-electron chi connectivity index (χ0n) is 13.6. The highest BCUT2D eigenvalue weighted by molar-refractivity contribution is 7.19. The van der Waals surface area contributed by atoms with Gasteiger partial charge in [-0.2, -0.15) is 0 Å². The lowest BCUT2D eigenvalue weighted by molar-refractivity contribution is 0.189. The van der Waals surface area contributed by atoms with Crippen LogP contribution >= 0.6 is 11.3 Å². The Bertz CT molecular complexity index is 804. The van der Waals surface area contributed by atoms with Crippen LogP contribution in [0.2, 0.25) is 0 Å². The zero-order valence-corrected chi connectivity index (χ0v) is 14.4. The molecule has 2 fully saturated rings. The van der Waals surface area contributed by atoms with Crippen LogP contribution in [0.25, 0.3) is 10.2 Å². The number of urea groups is 1. The van der Waals surface area contributed by atoms with E-state index in [1.54, 1.807) is 6.33 Å². The van der Waals surface area contributed by atoms with E-state index in [2.05, 4.69) is 20.2 Å². The molecule has 2 saturated heterocycles. The molecule has 0 spiro atoms. The number of fused-ring (bicyclic) bond motifs is 3. The fourth-order valence-corrected chi connectivity index (χ4v) is 5.61. The lowest BCUT2D eigenvalue weighted by Crippen LogP contribution is -2.49. The Kier molecular flexibility index (Phi) is 3.36. The molecule has 1 unspecified atom stereocenters. The molecule has 1 atom stereocenters. The third kappa shape index (κ3) is 2.17. The average Bonchev–Trinajstić information content (AvgIpc) is 3.30. The van der Waals surface area contributed by atoms with Crippen molar-refractivity contribution in [1.29, 1.82) is 0 Å². The molecule has 0 saturated carbocycles. The maximum atomic E-state index is 12.0. The lowest BCUT2D eigenvalue weighted by Gasteiger charge is -2.37. The number of rotatable bonds is 2. The van der Waals surface area contributed by atoms with Crippen LogP contribution in [0.1, 0.15) is 29.7 Å². The van der Waals surface area contributed by atoms with Gasteiger partial charge in [-0.25, -0.2) is 14.8 Å². The van der Waals surface area contributed by atoms with Crippen molar-refractivity contribution in [3.63, 3.8) is 0 Å². The first kappa shape index (κ1) is 14.5. The molecule has 2 aromatic heterocycles. The summed E-state index contributed by atoms with van der Waals surface area (Å²) < 4.78 is 0. The Morgan fingerprint density at radius 3 is 3.04 bits per heavy atom. The number of piperidine rings is 1. The van der Waals surface area contributed by atoms with Gasteiger partial charge >= 0.3 is 6.03 Å². The molecule has 0 aromatic carbocycles. The second-order valence-corrected chi connectivity index (χ2v) is 7.99. The van der Waals surface area contributed by atoms with Crippen LogP contribution in [0.5, 0.6) is 0 Å². The molecule has 3 aliphatic rings. The second kappa shape index (κ2) is 5.58. The predicted octanol–water partition coefficient (Wildman–Crippen LogP) is 2.17. The lowest BCUT2D eigenvalue weighted by atomic mass is 10.0. The van der Waals surface area contributed by atoms with Crippen LogP contribution in [0.4, 0.5) is 10.6 Å². The molecule has 6 nitrogen and oxygen atoms in total. The summed E-state index contributed by atoms with van der Waals surface area (Å²) in [5.41, 5.74) is 1.48. The number of hydrogen-bond acceptors (Lipinski definition) is 5. The third-order valence-corrected chi connectivity index (χ3v) is 6.71. The number of amides is 2. The molecule has 126 valence electrons. The molecule has 0 radical (unpaired) electrons. The monoisotopic (exact) mass is 343 g/mol. The van der Waals surface area contributed by atoms with Gasteiger partial charge in [-0.3, -0.25) is 0 Å². The van der Waals surface area contributed by atoms with Crippen molar-refractivity contribution in [2.24, 2.45) is 0 Å². The summed E-state index contributed by atoms with van der Waals surface area (Å²) >= 11 is 1.84. The van der Waals surface area contributed by atoms with Crippen LogP contribution in [0.15, 0.2) is 6.33 Å². The molecule has 1 aliphatic carbocycles. The molecule has 1 N–H and O–H groups in total. The van der Waals surface area contributed by atoms with E-state index in [1.165, 1.54) is 28.7 Å². The molecule has 2 aromatic rings. The first-order valence-corrected chi connectivity index (χ1v) is 9.67. The first-order chi connectivity index (χ1) is 11.8. The van der Waals surface area contributed by atoms with Gasteiger partial charge in [0.25, 0.3) is 0 Å². The van der Waals surface area contributed by atoms with E-state index >= 15 is 0 Å². The zero-order chi connectivity index (χ0) is 16.1. The highest BCUT2D eigenvalue weighted by Gasteiger charge is 2.33. The van der Waals surface area contributed by atoms with Crippen molar-refractivity contribution in [3.05, 3.63) is 16.8 Å². The Balaban J connectivity index is 1.49. The molecule has 5 rings (SSSR count). The van der Waals surface area contributed by atoms with E-state index in [4.69, 9.17) is 0 Å². The number of aromatic nitrogens is 2. The van der Waals surface area contributed by atoms with Crippen molar-refractivity contribution in [3.8, 4) is 0 Å². The number of anilines is 1. The Hall–Kier alpha value is -1.89. The van der Waals surface area contributed by atoms with Crippen molar-refractivity contribution in [2.45, 2.75) is 38.1 Å². The Labute approximate surface area is 144 Å². The van der Waals surface area contributed by atoms with Gasteiger partial charge in [0, 0.05) is 31.1 Å². The maximum absolute atomic E-state index is 12.0. The largest absolute Gasteiger partial charge is 0.354 e. The summed E-state index contributed by atoms with van der Waals surface area (Å²) in [7, 11) is 0. The molecular weight excluding hydrogens is 322 g/mol. The van der Waals surface area contributed by atoms with Gasteiger partial charge in [0.15, 0.2) is 0 Å². The van der Waals surface area contributed by atoms with E-state index in [-0.39, 0.29) is 12.1 Å². The highest BCUT2D eigenvalue weighted by Crippen LogP contribution is 2.40. The van der Waals surface area contributed by atoms with Crippen molar-refractivity contribution < 1.29 is 4.79 Å². The van der Waals surface area contributed by atoms with E-state index in [0.29, 0.717) is 0 Å². The van der Waals surface area contributed by atoms with Gasteiger partial charge in [-0.1, -0.05) is 0 Å². The van der Waals surface area contributed by atoms with Gasteiger partial charge in [0.2, 0.25) is 0 Å². The summed E-state index contributed by atoms with van der Waals surface area (Å²) in [5, 5.41) is 4.20. The summed E-state index contributed by atoms with van der Waals surface area (Å²) in [6, 6.07) is 0.379. The standard InChI is InChI=1S/C17H21N5OS/c23-17-18-6-8-22(17)11-3-2-7-21(9-11)15-14-12-4-1-5-13(12)24-16(14)20-10-19-15/h10-11H,1-9H2,(H,18,23). The smallest absolute Gasteiger partial charge is 0.317 e. The summed E-state index contributed by atoms with van der Waals surface area (Å²) in [4.78, 5) is 28.2. The first-order valence-electron chi connectivity index (χ1n) is 8.86. The minimum atomic E-state index is 0.0890. The summed E-state index contributed by atoms with van der Waals surface area (Å²) in [6.07, 6.45) is 7.48. The number of carbonyl (C=O) groups is 1. The highest BCUT2D eigenvalue weighted by atomic mass is 32.1. The fourth-order valence-electron chi connectivity index (χ4n) is 4.39. The normalized spacial score (nSPS) is 23.8. The number of hydrogen-bond donors (Lipinski definition) is 1. The molecule has 7 heteroatoms. The molecule has 24 heavy (non-hydrogen) atoms. The summed E-state index contributed by atoms with van der Waals surface area (Å²) in [6.45, 7) is 3.49. The average molecular weight is 343 g/mol. The molecule has 2 aliphatic heterocycles. The van der Waals surface area contributed by atoms with Crippen LogP contribution in [-0.2, 0) is 12.8 Å². The third-order valence-electron chi connectivity index (χ3n) is 5.51. The number of aryl methyl sites for hydroxylation is 2. The number of nitrogens with one attached hydrogen (secondary N) is 1. The van der Waals surface area contributed by atoms with Crippen LogP contribution in [-0.4, -0.2) is 53.1 Å². The quantitative estimate of drug-likeness (QED) is 0.908. The van der Waals surface area contributed by atoms with Gasteiger partial charge in [0.05, 0.1) is 11.4 Å². The molecule has 4 heterocycles. The van der Waals surface area contributed by atoms with E-state index in [1.807, 2.05) is 16.2 Å². The van der Waals surface area contributed by atoms with Gasteiger partial charge in [-0.05, 0) is 37.7 Å². The Morgan fingerprint density at radius 2 is 2.17 bits per heavy atom. The van der Waals surface area contributed by atoms with Crippen LogP contribution < -0.4 is 10.2 Å². The topological polar surface area (TPSA) is 61.4 Å². The van der Waals surface area contributed by atoms with E-state index in [9.17, 15) is 4.79 Å². The van der Waals surface area contributed by atoms with E-state index in [0.717, 1.165) is 56.1 Å². The summed E-state index contributed by atoms with van der Waals surface area (Å²) in [5.74, 6) is 1.09. The minimum absolute atomic E-state index is 0.0890. The number of carbonyl (C=O) groups excluding carboxylic acids is 1. The van der Waals surface area contributed by atoms with Gasteiger partial charge < -0.3 is 15.1 Å². The number of nitrogens with zero attached hydrogens (tertiary/aromatic N) is 4. The minimum Gasteiger partial charge on any atom is -0.354 e. The van der Waals surface area contributed by atoms with Crippen LogP contribution in [0.3, 0.4) is 0 Å². The SMILES string of the molecule is O=C1NCCN1C1CCCN(c2ncnc3sc4c(c23)CCC4)C1. The van der Waals surface area contributed by atoms with Crippen molar-refractivity contribution in [1.82, 2.24) is 20.2 Å². The van der Waals surface area contributed by atoms with Gasteiger partial charge in [0.1, 0.15) is 17.0 Å². The fraction of sp³-hybridized carbons (Fsp3) is 0.588. The maximum Gasteiger partial charge on any atom is 0.317 e. The molecular formula is C17H21N5OS. The van der Waals surface area contributed by atoms with Crippen molar-refractivity contribution >= 4 is 33.4 Å². The van der Waals surface area contributed by atoms with Crippen molar-refractivity contribution in [2.75, 3.05) is 31.1 Å². The second-order valence-electron chi connectivity index (χ2n) is 6.90. The van der Waals surface area contributed by atoms with Gasteiger partial charge in [-0.15, -0.1) is 11.3 Å².